The van der Waals surface area contributed by atoms with Crippen LogP contribution in [0.1, 0.15) is 41.0 Å². The van der Waals surface area contributed by atoms with Gasteiger partial charge in [-0.15, -0.1) is 24.8 Å². The quantitative estimate of drug-likeness (QED) is 0.237. The SMILES string of the molecule is Cl.Cl.N=C(N)c1ccc(CNC(=O)[C@@H]2C[C@@H](c3ccccc3)CN2C(=O)C(N)CCc2ccccc2)cc1. The lowest BCUT2D eigenvalue weighted by Crippen LogP contribution is -2.51. The molecule has 0 bridgehead atoms. The molecule has 7 nitrogen and oxygen atoms in total. The number of aryl methyl sites for hydroxylation is 1. The van der Waals surface area contributed by atoms with Crippen molar-refractivity contribution < 1.29 is 9.59 Å². The molecule has 4 rings (SSSR count). The van der Waals surface area contributed by atoms with Crippen LogP contribution in [-0.4, -0.2) is 41.2 Å². The smallest absolute Gasteiger partial charge is 0.243 e. The summed E-state index contributed by atoms with van der Waals surface area (Å²) in [6.45, 7) is 0.791. The highest BCUT2D eigenvalue weighted by Crippen LogP contribution is 2.32. The van der Waals surface area contributed by atoms with E-state index in [0.29, 0.717) is 37.9 Å². The number of nitrogen functional groups attached to an aromatic ring is 1. The van der Waals surface area contributed by atoms with E-state index in [1.54, 1.807) is 17.0 Å². The van der Waals surface area contributed by atoms with E-state index in [9.17, 15) is 9.59 Å². The first-order valence-corrected chi connectivity index (χ1v) is 12.3. The van der Waals surface area contributed by atoms with Gasteiger partial charge in [0.25, 0.3) is 0 Å². The summed E-state index contributed by atoms with van der Waals surface area (Å²) in [4.78, 5) is 28.4. The average molecular weight is 557 g/mol. The predicted molar refractivity (Wildman–Crippen MR) is 156 cm³/mol. The van der Waals surface area contributed by atoms with Gasteiger partial charge in [-0.05, 0) is 36.0 Å². The Morgan fingerprint density at radius 3 is 2.13 bits per heavy atom. The van der Waals surface area contributed by atoms with Crippen molar-refractivity contribution in [1.82, 2.24) is 10.2 Å². The van der Waals surface area contributed by atoms with Gasteiger partial charge in [-0.3, -0.25) is 15.0 Å². The van der Waals surface area contributed by atoms with Crippen LogP contribution >= 0.6 is 24.8 Å². The van der Waals surface area contributed by atoms with Gasteiger partial charge in [-0.2, -0.15) is 0 Å². The zero-order chi connectivity index (χ0) is 25.5. The van der Waals surface area contributed by atoms with Crippen LogP contribution in [0.3, 0.4) is 0 Å². The Labute approximate surface area is 236 Å². The lowest BCUT2D eigenvalue weighted by Gasteiger charge is -2.27. The first-order valence-electron chi connectivity index (χ1n) is 12.3. The van der Waals surface area contributed by atoms with Crippen molar-refractivity contribution in [1.29, 1.82) is 5.41 Å². The molecule has 2 amide bonds. The Morgan fingerprint density at radius 1 is 0.921 bits per heavy atom. The Balaban J connectivity index is 0.00000253. The van der Waals surface area contributed by atoms with Crippen molar-refractivity contribution >= 4 is 42.5 Å². The van der Waals surface area contributed by atoms with Crippen molar-refractivity contribution in [3.63, 3.8) is 0 Å². The number of amides is 2. The number of hydrogen-bond acceptors (Lipinski definition) is 4. The zero-order valence-corrected chi connectivity index (χ0v) is 22.7. The molecule has 3 aromatic carbocycles. The van der Waals surface area contributed by atoms with E-state index in [4.69, 9.17) is 16.9 Å². The van der Waals surface area contributed by atoms with E-state index in [1.807, 2.05) is 72.8 Å². The molecule has 1 saturated heterocycles. The molecule has 38 heavy (non-hydrogen) atoms. The molecule has 1 fully saturated rings. The number of carbonyl (C=O) groups is 2. The summed E-state index contributed by atoms with van der Waals surface area (Å²) in [6.07, 6.45) is 1.78. The van der Waals surface area contributed by atoms with Crippen LogP contribution < -0.4 is 16.8 Å². The van der Waals surface area contributed by atoms with Crippen LogP contribution in [0.25, 0.3) is 0 Å². The van der Waals surface area contributed by atoms with Gasteiger partial charge in [0.15, 0.2) is 0 Å². The van der Waals surface area contributed by atoms with Crippen molar-refractivity contribution in [3.8, 4) is 0 Å². The number of carbonyl (C=O) groups excluding carboxylic acids is 2. The highest BCUT2D eigenvalue weighted by molar-refractivity contribution is 5.95. The van der Waals surface area contributed by atoms with Crippen LogP contribution in [0.5, 0.6) is 0 Å². The topological polar surface area (TPSA) is 125 Å². The average Bonchev–Trinajstić information content (AvgIpc) is 3.37. The van der Waals surface area contributed by atoms with Crippen LogP contribution in [0, 0.1) is 5.41 Å². The molecule has 3 atom stereocenters. The number of benzene rings is 3. The molecule has 6 N–H and O–H groups in total. The number of likely N-dealkylation sites (tertiary alicyclic amines) is 1. The van der Waals surface area contributed by atoms with Crippen molar-refractivity contribution in [2.45, 2.75) is 43.8 Å². The molecule has 0 saturated carbocycles. The molecular weight excluding hydrogens is 521 g/mol. The number of rotatable bonds is 9. The molecular formula is C29H35Cl2N5O2. The van der Waals surface area contributed by atoms with E-state index in [-0.39, 0.29) is 48.4 Å². The van der Waals surface area contributed by atoms with Gasteiger partial charge in [0.05, 0.1) is 6.04 Å². The molecule has 0 radical (unpaired) electrons. The number of nitrogens with zero attached hydrogens (tertiary/aromatic N) is 1. The molecule has 9 heteroatoms. The van der Waals surface area contributed by atoms with Crippen LogP contribution in [-0.2, 0) is 22.6 Å². The van der Waals surface area contributed by atoms with Gasteiger partial charge >= 0.3 is 0 Å². The lowest BCUT2D eigenvalue weighted by molar-refractivity contribution is -0.139. The molecule has 3 aromatic rings. The Kier molecular flexibility index (Phi) is 11.8. The number of nitrogens with two attached hydrogens (primary N) is 2. The maximum Gasteiger partial charge on any atom is 0.243 e. The van der Waals surface area contributed by atoms with E-state index < -0.39 is 12.1 Å². The second-order valence-corrected chi connectivity index (χ2v) is 9.31. The van der Waals surface area contributed by atoms with Gasteiger partial charge in [-0.1, -0.05) is 84.9 Å². The first kappa shape index (κ1) is 30.8. The minimum absolute atomic E-state index is 0. The normalized spacial score (nSPS) is 17.0. The standard InChI is InChI=1S/C29H33N5O2.2ClH/c30-25(16-13-20-7-3-1-4-8-20)29(36)34-19-24(22-9-5-2-6-10-22)17-26(34)28(35)33-18-21-11-14-23(15-12-21)27(31)32;;/h1-12,14-15,24-26H,13,16-19,30H2,(H3,31,32)(H,33,35);2*1H/t24-,25?,26+;;/m1../s1. The highest BCUT2D eigenvalue weighted by atomic mass is 35.5. The predicted octanol–water partition coefficient (Wildman–Crippen LogP) is 3.78. The van der Waals surface area contributed by atoms with Gasteiger partial charge in [-0.25, -0.2) is 0 Å². The molecule has 0 aliphatic carbocycles. The van der Waals surface area contributed by atoms with Crippen LogP contribution in [0.4, 0.5) is 0 Å². The van der Waals surface area contributed by atoms with Crippen molar-refractivity contribution in [3.05, 3.63) is 107 Å². The Bertz CT molecular complexity index is 1190. The van der Waals surface area contributed by atoms with E-state index in [1.165, 1.54) is 0 Å². The summed E-state index contributed by atoms with van der Waals surface area (Å²) in [5, 5.41) is 10.5. The van der Waals surface area contributed by atoms with Gasteiger partial charge in [0.1, 0.15) is 11.9 Å². The third-order valence-electron chi connectivity index (χ3n) is 6.79. The Hall–Kier alpha value is -3.39. The molecule has 0 aromatic heterocycles. The molecule has 202 valence electrons. The summed E-state index contributed by atoms with van der Waals surface area (Å²) in [6, 6.07) is 25.9. The maximum atomic E-state index is 13.4. The number of halogens is 2. The third kappa shape index (κ3) is 7.81. The van der Waals surface area contributed by atoms with Crippen molar-refractivity contribution in [2.24, 2.45) is 11.5 Å². The largest absolute Gasteiger partial charge is 0.384 e. The number of amidine groups is 1. The molecule has 1 unspecified atom stereocenters. The Morgan fingerprint density at radius 2 is 1.53 bits per heavy atom. The zero-order valence-electron chi connectivity index (χ0n) is 21.1. The van der Waals surface area contributed by atoms with E-state index in [2.05, 4.69) is 5.32 Å². The molecule has 1 aliphatic rings. The maximum absolute atomic E-state index is 13.4. The number of hydrogen-bond donors (Lipinski definition) is 4. The summed E-state index contributed by atoms with van der Waals surface area (Å²) in [5.41, 5.74) is 15.6. The molecule has 1 aliphatic heterocycles. The summed E-state index contributed by atoms with van der Waals surface area (Å²) in [5.74, 6) is -0.300. The van der Waals surface area contributed by atoms with Gasteiger partial charge in [0.2, 0.25) is 11.8 Å². The molecule has 0 spiro atoms. The fourth-order valence-electron chi connectivity index (χ4n) is 4.71. The lowest BCUT2D eigenvalue weighted by atomic mass is 9.96. The van der Waals surface area contributed by atoms with E-state index >= 15 is 0 Å². The molecule has 1 heterocycles. The monoisotopic (exact) mass is 555 g/mol. The van der Waals surface area contributed by atoms with Gasteiger partial charge < -0.3 is 21.7 Å². The highest BCUT2D eigenvalue weighted by Gasteiger charge is 2.41. The second kappa shape index (κ2) is 14.5. The van der Waals surface area contributed by atoms with E-state index in [0.717, 1.165) is 16.7 Å². The van der Waals surface area contributed by atoms with Crippen molar-refractivity contribution in [2.75, 3.05) is 6.54 Å². The second-order valence-electron chi connectivity index (χ2n) is 9.31. The fourth-order valence-corrected chi connectivity index (χ4v) is 4.71. The van der Waals surface area contributed by atoms with Gasteiger partial charge in [0, 0.05) is 24.6 Å². The third-order valence-corrected chi connectivity index (χ3v) is 6.79. The minimum Gasteiger partial charge on any atom is -0.384 e. The minimum atomic E-state index is -0.672. The fraction of sp³-hybridized carbons (Fsp3) is 0.276. The summed E-state index contributed by atoms with van der Waals surface area (Å²) in [7, 11) is 0. The first-order chi connectivity index (χ1) is 17.4. The number of nitrogens with one attached hydrogen (secondary N) is 2. The summed E-state index contributed by atoms with van der Waals surface area (Å²) >= 11 is 0. The van der Waals surface area contributed by atoms with Crippen LogP contribution in [0.2, 0.25) is 0 Å². The summed E-state index contributed by atoms with van der Waals surface area (Å²) < 4.78 is 0. The van der Waals surface area contributed by atoms with Crippen LogP contribution in [0.15, 0.2) is 84.9 Å².